The van der Waals surface area contributed by atoms with Gasteiger partial charge in [-0.3, -0.25) is 14.4 Å². The first kappa shape index (κ1) is 23.7. The quantitative estimate of drug-likeness (QED) is 0.589. The number of Topliss-reactive ketones (excluding diaryl/α,β-unsaturated/α-hetero) is 1. The molecule has 0 aromatic heterocycles. The molecule has 1 aliphatic rings. The van der Waals surface area contributed by atoms with E-state index in [1.165, 1.54) is 11.8 Å². The fraction of sp³-hybridized carbons (Fsp3) is 0.333. The number of carbonyl (C=O) groups excluding carboxylic acids is 3. The lowest BCUT2D eigenvalue weighted by Gasteiger charge is -2.38. The van der Waals surface area contributed by atoms with Gasteiger partial charge in [-0.15, -0.1) is 0 Å². The molecular formula is C24H26N2O5S. The number of nitrogens with zero attached hydrogens (tertiary/aromatic N) is 1. The minimum absolute atomic E-state index is 0.0353. The molecular weight excluding hydrogens is 428 g/mol. The number of aliphatic carboxylic acids is 1. The van der Waals surface area contributed by atoms with Crippen molar-refractivity contribution in [1.82, 2.24) is 4.90 Å². The largest absolute Gasteiger partial charge is 0.479 e. The van der Waals surface area contributed by atoms with Crippen LogP contribution in [0.25, 0.3) is 0 Å². The van der Waals surface area contributed by atoms with E-state index < -0.39 is 41.0 Å². The van der Waals surface area contributed by atoms with Crippen LogP contribution in [0.2, 0.25) is 0 Å². The van der Waals surface area contributed by atoms with Gasteiger partial charge in [0.2, 0.25) is 11.4 Å². The highest BCUT2D eigenvalue weighted by Gasteiger charge is 2.59. The Kier molecular flexibility index (Phi) is 7.48. The third-order valence-corrected chi connectivity index (χ3v) is 6.76. The highest BCUT2D eigenvalue weighted by molar-refractivity contribution is 8.14. The molecule has 3 rings (SSSR count). The first-order valence-electron chi connectivity index (χ1n) is 10.4. The maximum absolute atomic E-state index is 13.9. The minimum Gasteiger partial charge on any atom is -0.479 e. The average molecular weight is 455 g/mol. The van der Waals surface area contributed by atoms with Crippen LogP contribution >= 0.6 is 11.8 Å². The summed E-state index contributed by atoms with van der Waals surface area (Å²) >= 11 is 0.853. The van der Waals surface area contributed by atoms with Crippen LogP contribution in [0, 0.1) is 0 Å². The zero-order chi connectivity index (χ0) is 23.3. The van der Waals surface area contributed by atoms with Crippen molar-refractivity contribution in [3.63, 3.8) is 0 Å². The average Bonchev–Trinajstić information content (AvgIpc) is 3.20. The van der Waals surface area contributed by atoms with Gasteiger partial charge in [0.1, 0.15) is 0 Å². The Morgan fingerprint density at radius 3 is 2.22 bits per heavy atom. The number of carboxylic acids is 1. The Morgan fingerprint density at radius 1 is 1.09 bits per heavy atom. The molecule has 32 heavy (non-hydrogen) atoms. The highest BCUT2D eigenvalue weighted by atomic mass is 32.2. The lowest BCUT2D eigenvalue weighted by atomic mass is 9.90. The Bertz CT molecular complexity index is 998. The van der Waals surface area contributed by atoms with Crippen molar-refractivity contribution in [3.8, 4) is 0 Å². The molecule has 1 fully saturated rings. The van der Waals surface area contributed by atoms with Crippen molar-refractivity contribution in [3.05, 3.63) is 71.8 Å². The number of hydrogen-bond donors (Lipinski definition) is 2. The van der Waals surface area contributed by atoms with Crippen molar-refractivity contribution in [2.45, 2.75) is 43.0 Å². The van der Waals surface area contributed by atoms with Gasteiger partial charge in [-0.05, 0) is 30.4 Å². The van der Waals surface area contributed by atoms with E-state index in [-0.39, 0.29) is 18.0 Å². The van der Waals surface area contributed by atoms with Gasteiger partial charge >= 0.3 is 5.97 Å². The second-order valence-corrected chi connectivity index (χ2v) is 9.13. The van der Waals surface area contributed by atoms with Crippen LogP contribution in [-0.2, 0) is 25.6 Å². The smallest absolute Gasteiger partial charge is 0.337 e. The SMILES string of the molecule is CC(=O)SC(Cc1ccccc1)C(=O)N1C(c2ccccc2)CCC1(C(=O)O)C(=O)CN. The molecule has 1 heterocycles. The van der Waals surface area contributed by atoms with E-state index in [1.807, 2.05) is 36.4 Å². The molecule has 0 bridgehead atoms. The van der Waals surface area contributed by atoms with Crippen LogP contribution in [0.1, 0.15) is 36.9 Å². The summed E-state index contributed by atoms with van der Waals surface area (Å²) < 4.78 is 0. The summed E-state index contributed by atoms with van der Waals surface area (Å²) in [7, 11) is 0. The van der Waals surface area contributed by atoms with E-state index in [4.69, 9.17) is 5.73 Å². The summed E-state index contributed by atoms with van der Waals surface area (Å²) in [6.45, 7) is 0.866. The van der Waals surface area contributed by atoms with Crippen LogP contribution in [-0.4, -0.2) is 50.1 Å². The van der Waals surface area contributed by atoms with Crippen molar-refractivity contribution in [2.75, 3.05) is 6.54 Å². The molecule has 0 saturated carbocycles. The molecule has 1 amide bonds. The number of rotatable bonds is 8. The Labute approximate surface area is 191 Å². The van der Waals surface area contributed by atoms with Crippen molar-refractivity contribution in [1.29, 1.82) is 0 Å². The van der Waals surface area contributed by atoms with Crippen LogP contribution in [0.15, 0.2) is 60.7 Å². The normalized spacial score (nSPS) is 21.2. The van der Waals surface area contributed by atoms with E-state index in [0.29, 0.717) is 6.42 Å². The number of ketones is 1. The van der Waals surface area contributed by atoms with E-state index in [1.54, 1.807) is 24.3 Å². The summed E-state index contributed by atoms with van der Waals surface area (Å²) in [5, 5.41) is 9.02. The maximum Gasteiger partial charge on any atom is 0.337 e. The lowest BCUT2D eigenvalue weighted by molar-refractivity contribution is -0.163. The predicted octanol–water partition coefficient (Wildman–Crippen LogP) is 2.59. The number of likely N-dealkylation sites (tertiary alicyclic amines) is 1. The molecule has 7 nitrogen and oxygen atoms in total. The summed E-state index contributed by atoms with van der Waals surface area (Å²) in [4.78, 5) is 52.5. The van der Waals surface area contributed by atoms with Crippen molar-refractivity contribution in [2.24, 2.45) is 5.73 Å². The zero-order valence-electron chi connectivity index (χ0n) is 17.8. The lowest BCUT2D eigenvalue weighted by Crippen LogP contribution is -2.62. The van der Waals surface area contributed by atoms with Crippen molar-refractivity contribution >= 4 is 34.5 Å². The molecule has 0 radical (unpaired) electrons. The highest BCUT2D eigenvalue weighted by Crippen LogP contribution is 2.45. The summed E-state index contributed by atoms with van der Waals surface area (Å²) in [6.07, 6.45) is 0.498. The first-order chi connectivity index (χ1) is 15.3. The van der Waals surface area contributed by atoms with Gasteiger partial charge in [0, 0.05) is 6.92 Å². The fourth-order valence-electron chi connectivity index (χ4n) is 4.33. The van der Waals surface area contributed by atoms with Crippen LogP contribution in [0.4, 0.5) is 0 Å². The third kappa shape index (κ3) is 4.61. The maximum atomic E-state index is 13.9. The van der Waals surface area contributed by atoms with Gasteiger partial charge in [-0.1, -0.05) is 72.4 Å². The molecule has 3 N–H and O–H groups in total. The number of hydrogen-bond acceptors (Lipinski definition) is 6. The van der Waals surface area contributed by atoms with Gasteiger partial charge in [0.15, 0.2) is 10.9 Å². The topological polar surface area (TPSA) is 118 Å². The minimum atomic E-state index is -2.06. The standard InChI is InChI=1S/C24H26N2O5S/c1-16(27)32-20(14-17-8-4-2-5-9-17)22(29)26-19(18-10-6-3-7-11-18)12-13-24(26,23(30)31)21(28)15-25/h2-11,19-20H,12-15,25H2,1H3,(H,30,31). The predicted molar refractivity (Wildman–Crippen MR) is 122 cm³/mol. The molecule has 1 aliphatic heterocycles. The van der Waals surface area contributed by atoms with Gasteiger partial charge in [0.25, 0.3) is 0 Å². The Hall–Kier alpha value is -2.97. The first-order valence-corrected chi connectivity index (χ1v) is 11.2. The van der Waals surface area contributed by atoms with E-state index in [0.717, 1.165) is 22.9 Å². The molecule has 3 atom stereocenters. The Balaban J connectivity index is 2.09. The fourth-order valence-corrected chi connectivity index (χ4v) is 5.22. The summed E-state index contributed by atoms with van der Waals surface area (Å²) in [6, 6.07) is 17.6. The molecule has 1 saturated heterocycles. The molecule has 8 heteroatoms. The monoisotopic (exact) mass is 454 g/mol. The number of carbonyl (C=O) groups is 4. The molecule has 3 unspecified atom stereocenters. The van der Waals surface area contributed by atoms with Crippen LogP contribution in [0.5, 0.6) is 0 Å². The molecule has 2 aromatic rings. The number of thioether (sulfide) groups is 1. The zero-order valence-corrected chi connectivity index (χ0v) is 18.6. The number of nitrogens with two attached hydrogens (primary N) is 1. The molecule has 168 valence electrons. The second kappa shape index (κ2) is 10.1. The van der Waals surface area contributed by atoms with Crippen LogP contribution < -0.4 is 5.73 Å². The van der Waals surface area contributed by atoms with Gasteiger partial charge < -0.3 is 15.7 Å². The number of carboxylic acid groups (broad SMARTS) is 1. The third-order valence-electron chi connectivity index (χ3n) is 5.77. The molecule has 0 spiro atoms. The summed E-state index contributed by atoms with van der Waals surface area (Å²) in [5.41, 5.74) is 5.11. The number of amides is 1. The number of benzene rings is 2. The summed E-state index contributed by atoms with van der Waals surface area (Å²) in [5.74, 6) is -2.67. The Morgan fingerprint density at radius 2 is 1.69 bits per heavy atom. The van der Waals surface area contributed by atoms with E-state index in [9.17, 15) is 24.3 Å². The van der Waals surface area contributed by atoms with Gasteiger partial charge in [0.05, 0.1) is 17.8 Å². The molecule has 2 aromatic carbocycles. The van der Waals surface area contributed by atoms with E-state index >= 15 is 0 Å². The molecule has 0 aliphatic carbocycles. The van der Waals surface area contributed by atoms with Gasteiger partial charge in [-0.25, -0.2) is 4.79 Å². The van der Waals surface area contributed by atoms with Crippen LogP contribution in [0.3, 0.4) is 0 Å². The van der Waals surface area contributed by atoms with Crippen molar-refractivity contribution < 1.29 is 24.3 Å². The second-order valence-electron chi connectivity index (χ2n) is 7.75. The van der Waals surface area contributed by atoms with Gasteiger partial charge in [-0.2, -0.15) is 0 Å². The van der Waals surface area contributed by atoms with E-state index in [2.05, 4.69) is 0 Å².